The fraction of sp³-hybridized carbons (Fsp3) is 0.500. The van der Waals surface area contributed by atoms with Gasteiger partial charge in [0.15, 0.2) is 0 Å². The van der Waals surface area contributed by atoms with Gasteiger partial charge in [-0.15, -0.1) is 0 Å². The fourth-order valence-electron chi connectivity index (χ4n) is 1.44. The Hall–Kier alpha value is -0.530. The van der Waals surface area contributed by atoms with Gasteiger partial charge in [-0.3, -0.25) is 0 Å². The van der Waals surface area contributed by atoms with E-state index in [2.05, 4.69) is 20.8 Å². The smallest absolute Gasteiger partial charge is 0.0809 e. The zero-order valence-corrected chi connectivity index (χ0v) is 9.67. The summed E-state index contributed by atoms with van der Waals surface area (Å²) in [5.74, 6) is 0. The van der Waals surface area contributed by atoms with Crippen LogP contribution in [0.5, 0.6) is 0 Å². The lowest BCUT2D eigenvalue weighted by atomic mass is 9.87. The van der Waals surface area contributed by atoms with Crippen LogP contribution in [0.2, 0.25) is 5.02 Å². The molecule has 0 aliphatic carbocycles. The van der Waals surface area contributed by atoms with Crippen LogP contribution in [0.3, 0.4) is 0 Å². The minimum atomic E-state index is -0.469. The maximum atomic E-state index is 9.95. The largest absolute Gasteiger partial charge is 0.388 e. The quantitative estimate of drug-likeness (QED) is 0.791. The number of hydrogen-bond donors (Lipinski definition) is 1. The van der Waals surface area contributed by atoms with Crippen molar-refractivity contribution in [3.8, 4) is 0 Å². The maximum Gasteiger partial charge on any atom is 0.0809 e. The molecule has 78 valence electrons. The van der Waals surface area contributed by atoms with Gasteiger partial charge in [-0.2, -0.15) is 0 Å². The van der Waals surface area contributed by atoms with E-state index >= 15 is 0 Å². The number of hydrogen-bond acceptors (Lipinski definition) is 1. The topological polar surface area (TPSA) is 20.2 Å². The van der Waals surface area contributed by atoms with E-state index in [4.69, 9.17) is 11.6 Å². The van der Waals surface area contributed by atoms with Crippen LogP contribution in [-0.4, -0.2) is 5.11 Å². The third kappa shape index (κ3) is 3.32. The van der Waals surface area contributed by atoms with Crippen molar-refractivity contribution in [3.63, 3.8) is 0 Å². The van der Waals surface area contributed by atoms with Gasteiger partial charge in [-0.05, 0) is 23.5 Å². The SMILES string of the molecule is CC(C)(C)C[C@H](O)c1ccccc1Cl. The second-order valence-electron chi connectivity index (χ2n) is 4.80. The molecule has 0 aromatic heterocycles. The van der Waals surface area contributed by atoms with Crippen molar-refractivity contribution in [1.82, 2.24) is 0 Å². The number of aliphatic hydroxyl groups excluding tert-OH is 1. The third-order valence-corrected chi connectivity index (χ3v) is 2.41. The molecule has 14 heavy (non-hydrogen) atoms. The lowest BCUT2D eigenvalue weighted by Crippen LogP contribution is -2.11. The molecule has 1 N–H and O–H groups in total. The van der Waals surface area contributed by atoms with E-state index < -0.39 is 6.10 Å². The van der Waals surface area contributed by atoms with Crippen molar-refractivity contribution < 1.29 is 5.11 Å². The Morgan fingerprint density at radius 1 is 1.29 bits per heavy atom. The molecule has 1 atom stereocenters. The Morgan fingerprint density at radius 3 is 2.36 bits per heavy atom. The summed E-state index contributed by atoms with van der Waals surface area (Å²) in [6.07, 6.45) is 0.250. The van der Waals surface area contributed by atoms with Crippen molar-refractivity contribution in [2.75, 3.05) is 0 Å². The van der Waals surface area contributed by atoms with Gasteiger partial charge in [0.2, 0.25) is 0 Å². The predicted molar refractivity (Wildman–Crippen MR) is 60.5 cm³/mol. The monoisotopic (exact) mass is 212 g/mol. The first-order valence-corrected chi connectivity index (χ1v) is 5.20. The van der Waals surface area contributed by atoms with Gasteiger partial charge in [0.25, 0.3) is 0 Å². The van der Waals surface area contributed by atoms with Crippen molar-refractivity contribution in [1.29, 1.82) is 0 Å². The van der Waals surface area contributed by atoms with E-state index in [0.717, 1.165) is 12.0 Å². The number of aliphatic hydroxyl groups is 1. The summed E-state index contributed by atoms with van der Waals surface area (Å²) in [7, 11) is 0. The second kappa shape index (κ2) is 4.33. The summed E-state index contributed by atoms with van der Waals surface area (Å²) in [5.41, 5.74) is 0.933. The first-order valence-electron chi connectivity index (χ1n) is 4.83. The van der Waals surface area contributed by atoms with Crippen LogP contribution in [-0.2, 0) is 0 Å². The lowest BCUT2D eigenvalue weighted by molar-refractivity contribution is 0.122. The van der Waals surface area contributed by atoms with Crippen LogP contribution in [0.25, 0.3) is 0 Å². The van der Waals surface area contributed by atoms with Crippen molar-refractivity contribution in [3.05, 3.63) is 34.9 Å². The summed E-state index contributed by atoms with van der Waals surface area (Å²) in [6, 6.07) is 7.45. The van der Waals surface area contributed by atoms with Crippen molar-refractivity contribution in [2.45, 2.75) is 33.3 Å². The van der Waals surface area contributed by atoms with Gasteiger partial charge in [-0.25, -0.2) is 0 Å². The highest BCUT2D eigenvalue weighted by molar-refractivity contribution is 6.31. The highest BCUT2D eigenvalue weighted by atomic mass is 35.5. The van der Waals surface area contributed by atoms with Crippen LogP contribution in [0, 0.1) is 5.41 Å². The van der Waals surface area contributed by atoms with Crippen molar-refractivity contribution in [2.24, 2.45) is 5.41 Å². The molecule has 1 rings (SSSR count). The number of benzene rings is 1. The zero-order valence-electron chi connectivity index (χ0n) is 8.92. The van der Waals surface area contributed by atoms with E-state index in [1.54, 1.807) is 0 Å². The zero-order chi connectivity index (χ0) is 10.8. The fourth-order valence-corrected chi connectivity index (χ4v) is 1.70. The summed E-state index contributed by atoms with van der Waals surface area (Å²) in [5, 5.41) is 10.6. The molecule has 0 heterocycles. The Balaban J connectivity index is 2.80. The molecule has 0 aliphatic heterocycles. The molecule has 0 unspecified atom stereocenters. The Kier molecular flexibility index (Phi) is 3.57. The third-order valence-electron chi connectivity index (χ3n) is 2.07. The normalized spacial score (nSPS) is 14.1. The van der Waals surface area contributed by atoms with Gasteiger partial charge in [-0.1, -0.05) is 50.6 Å². The Bertz CT molecular complexity index is 301. The standard InChI is InChI=1S/C12H17ClO/c1-12(2,3)8-11(14)9-6-4-5-7-10(9)13/h4-7,11,14H,8H2,1-3H3/t11-/m0/s1. The molecule has 1 aromatic rings. The summed E-state index contributed by atoms with van der Waals surface area (Å²) in [4.78, 5) is 0. The summed E-state index contributed by atoms with van der Waals surface area (Å²) >= 11 is 5.99. The average molecular weight is 213 g/mol. The molecule has 0 amide bonds. The Morgan fingerprint density at radius 2 is 1.86 bits per heavy atom. The van der Waals surface area contributed by atoms with E-state index in [-0.39, 0.29) is 5.41 Å². The highest BCUT2D eigenvalue weighted by Crippen LogP contribution is 2.32. The van der Waals surface area contributed by atoms with Crippen LogP contribution >= 0.6 is 11.6 Å². The summed E-state index contributed by atoms with van der Waals surface area (Å²) < 4.78 is 0. The van der Waals surface area contributed by atoms with E-state index in [0.29, 0.717) is 5.02 Å². The maximum absolute atomic E-state index is 9.95. The highest BCUT2D eigenvalue weighted by Gasteiger charge is 2.19. The number of halogens is 1. The lowest BCUT2D eigenvalue weighted by Gasteiger charge is -2.23. The first-order chi connectivity index (χ1) is 6.40. The van der Waals surface area contributed by atoms with E-state index in [1.165, 1.54) is 0 Å². The molecule has 0 aliphatic rings. The Labute approximate surface area is 90.7 Å². The molecule has 2 heteroatoms. The first kappa shape index (κ1) is 11.5. The van der Waals surface area contributed by atoms with Gasteiger partial charge in [0, 0.05) is 5.02 Å². The molecule has 1 nitrogen and oxygen atoms in total. The van der Waals surface area contributed by atoms with Gasteiger partial charge in [0.1, 0.15) is 0 Å². The van der Waals surface area contributed by atoms with Gasteiger partial charge >= 0.3 is 0 Å². The minimum absolute atomic E-state index is 0.110. The van der Waals surface area contributed by atoms with Crippen LogP contribution < -0.4 is 0 Å². The molecule has 0 saturated carbocycles. The van der Waals surface area contributed by atoms with E-state index in [1.807, 2.05) is 24.3 Å². The summed E-state index contributed by atoms with van der Waals surface area (Å²) in [6.45, 7) is 6.31. The predicted octanol–water partition coefficient (Wildman–Crippen LogP) is 3.81. The molecule has 0 bridgehead atoms. The molecule has 0 saturated heterocycles. The van der Waals surface area contributed by atoms with Gasteiger partial charge in [0.05, 0.1) is 6.10 Å². The molecular formula is C12H17ClO. The van der Waals surface area contributed by atoms with Crippen LogP contribution in [0.1, 0.15) is 38.9 Å². The van der Waals surface area contributed by atoms with Crippen molar-refractivity contribution >= 4 is 11.6 Å². The van der Waals surface area contributed by atoms with E-state index in [9.17, 15) is 5.11 Å². The molecule has 0 spiro atoms. The molecule has 0 radical (unpaired) electrons. The number of rotatable bonds is 2. The molecular weight excluding hydrogens is 196 g/mol. The van der Waals surface area contributed by atoms with Gasteiger partial charge < -0.3 is 5.11 Å². The van der Waals surface area contributed by atoms with Crippen LogP contribution in [0.4, 0.5) is 0 Å². The van der Waals surface area contributed by atoms with Crippen LogP contribution in [0.15, 0.2) is 24.3 Å². The second-order valence-corrected chi connectivity index (χ2v) is 5.21. The molecule has 1 aromatic carbocycles. The average Bonchev–Trinajstić information content (AvgIpc) is 2.01. The molecule has 0 fully saturated rings. The minimum Gasteiger partial charge on any atom is -0.388 e.